The van der Waals surface area contributed by atoms with Gasteiger partial charge in [-0.3, -0.25) is 0 Å². The summed E-state index contributed by atoms with van der Waals surface area (Å²) in [5, 5.41) is 9.94. The SMILES string of the molecule is CC(C)CCCSC[O]. The molecule has 0 fully saturated rings. The minimum atomic E-state index is 0.0259. The molecule has 0 aliphatic carbocycles. The fourth-order valence-electron chi connectivity index (χ4n) is 0.653. The van der Waals surface area contributed by atoms with Crippen molar-refractivity contribution < 1.29 is 5.11 Å². The molecule has 0 unspecified atom stereocenters. The highest BCUT2D eigenvalue weighted by molar-refractivity contribution is 7.99. The molecular formula is C7H15OS. The Balaban J connectivity index is 2.75. The zero-order valence-corrected chi connectivity index (χ0v) is 7.04. The van der Waals surface area contributed by atoms with Crippen LogP contribution in [0.2, 0.25) is 0 Å². The maximum atomic E-state index is 9.94. The Morgan fingerprint density at radius 3 is 2.56 bits per heavy atom. The van der Waals surface area contributed by atoms with Crippen molar-refractivity contribution in [3.8, 4) is 0 Å². The van der Waals surface area contributed by atoms with Gasteiger partial charge >= 0.3 is 0 Å². The lowest BCUT2D eigenvalue weighted by molar-refractivity contribution is 0.260. The Kier molecular flexibility index (Phi) is 6.65. The molecule has 0 saturated carbocycles. The second kappa shape index (κ2) is 6.43. The Bertz CT molecular complexity index is 54.9. The van der Waals surface area contributed by atoms with Gasteiger partial charge in [0, 0.05) is 0 Å². The third-order valence-electron chi connectivity index (χ3n) is 1.15. The van der Waals surface area contributed by atoms with Crippen molar-refractivity contribution in [1.29, 1.82) is 0 Å². The van der Waals surface area contributed by atoms with E-state index in [1.54, 1.807) is 0 Å². The summed E-state index contributed by atoms with van der Waals surface area (Å²) in [6.45, 7) is 4.42. The molecule has 0 saturated heterocycles. The molecule has 0 aromatic carbocycles. The quantitative estimate of drug-likeness (QED) is 0.432. The summed E-state index contributed by atoms with van der Waals surface area (Å²) in [6.07, 6.45) is 2.46. The van der Waals surface area contributed by atoms with E-state index in [2.05, 4.69) is 13.8 Å². The van der Waals surface area contributed by atoms with Gasteiger partial charge in [-0.1, -0.05) is 20.3 Å². The van der Waals surface area contributed by atoms with Crippen LogP contribution in [-0.2, 0) is 5.11 Å². The van der Waals surface area contributed by atoms with Crippen molar-refractivity contribution in [3.63, 3.8) is 0 Å². The summed E-state index contributed by atoms with van der Waals surface area (Å²) >= 11 is 1.49. The second-order valence-corrected chi connectivity index (χ2v) is 3.61. The second-order valence-electron chi connectivity index (χ2n) is 2.56. The average molecular weight is 147 g/mol. The average Bonchev–Trinajstić information content (AvgIpc) is 1.80. The van der Waals surface area contributed by atoms with Gasteiger partial charge in [0.1, 0.15) is 5.94 Å². The van der Waals surface area contributed by atoms with Gasteiger partial charge < -0.3 is 0 Å². The number of hydrogen-bond acceptors (Lipinski definition) is 1. The standard InChI is InChI=1S/C7H15OS/c1-7(2)4-3-5-9-6-8/h7H,3-6H2,1-2H3. The van der Waals surface area contributed by atoms with Crippen LogP contribution in [0, 0.1) is 5.92 Å². The van der Waals surface area contributed by atoms with Crippen molar-refractivity contribution >= 4 is 11.8 Å². The van der Waals surface area contributed by atoms with E-state index in [9.17, 15) is 5.11 Å². The van der Waals surface area contributed by atoms with E-state index in [0.717, 1.165) is 11.7 Å². The third-order valence-corrected chi connectivity index (χ3v) is 1.90. The van der Waals surface area contributed by atoms with Crippen molar-refractivity contribution in [2.24, 2.45) is 5.92 Å². The molecule has 2 heteroatoms. The molecule has 0 aliphatic rings. The van der Waals surface area contributed by atoms with Crippen LogP contribution in [0.25, 0.3) is 0 Å². The molecule has 0 amide bonds. The maximum Gasteiger partial charge on any atom is 0.128 e. The highest BCUT2D eigenvalue weighted by atomic mass is 32.2. The summed E-state index contributed by atoms with van der Waals surface area (Å²) in [5.41, 5.74) is 0. The number of hydrogen-bond donors (Lipinski definition) is 0. The van der Waals surface area contributed by atoms with Gasteiger partial charge in [-0.2, -0.15) is 0 Å². The monoisotopic (exact) mass is 147 g/mol. The molecule has 0 spiro atoms. The van der Waals surface area contributed by atoms with Crippen LogP contribution in [0.5, 0.6) is 0 Å². The van der Waals surface area contributed by atoms with Crippen LogP contribution in [0.3, 0.4) is 0 Å². The Morgan fingerprint density at radius 2 is 2.11 bits per heavy atom. The van der Waals surface area contributed by atoms with E-state index >= 15 is 0 Å². The number of rotatable bonds is 5. The van der Waals surface area contributed by atoms with Gasteiger partial charge in [0.15, 0.2) is 0 Å². The Morgan fingerprint density at radius 1 is 1.44 bits per heavy atom. The van der Waals surface area contributed by atoms with Crippen molar-refractivity contribution in [3.05, 3.63) is 0 Å². The van der Waals surface area contributed by atoms with E-state index < -0.39 is 0 Å². The van der Waals surface area contributed by atoms with Crippen LogP contribution in [0.4, 0.5) is 0 Å². The first-order valence-electron chi connectivity index (χ1n) is 3.43. The zero-order chi connectivity index (χ0) is 7.11. The molecule has 0 atom stereocenters. The lowest BCUT2D eigenvalue weighted by Gasteiger charge is -2.01. The van der Waals surface area contributed by atoms with Crippen LogP contribution in [-0.4, -0.2) is 11.7 Å². The highest BCUT2D eigenvalue weighted by Gasteiger charge is 1.92. The molecular weight excluding hydrogens is 132 g/mol. The van der Waals surface area contributed by atoms with Crippen molar-refractivity contribution in [2.45, 2.75) is 26.7 Å². The lowest BCUT2D eigenvalue weighted by Crippen LogP contribution is -1.88. The molecule has 9 heavy (non-hydrogen) atoms. The number of thioether (sulfide) groups is 1. The molecule has 1 nitrogen and oxygen atoms in total. The van der Waals surface area contributed by atoms with E-state index in [4.69, 9.17) is 0 Å². The fourth-order valence-corrected chi connectivity index (χ4v) is 1.14. The van der Waals surface area contributed by atoms with E-state index in [-0.39, 0.29) is 5.94 Å². The third kappa shape index (κ3) is 8.31. The van der Waals surface area contributed by atoms with Crippen molar-refractivity contribution in [1.82, 2.24) is 0 Å². The normalized spacial score (nSPS) is 10.7. The molecule has 0 aromatic heterocycles. The first kappa shape index (κ1) is 9.31. The molecule has 0 aliphatic heterocycles. The molecule has 0 aromatic rings. The van der Waals surface area contributed by atoms with E-state index in [1.807, 2.05) is 0 Å². The summed E-state index contributed by atoms with van der Waals surface area (Å²) < 4.78 is 0. The predicted molar refractivity (Wildman–Crippen MR) is 42.1 cm³/mol. The summed E-state index contributed by atoms with van der Waals surface area (Å²) in [4.78, 5) is 0. The first-order valence-corrected chi connectivity index (χ1v) is 4.58. The summed E-state index contributed by atoms with van der Waals surface area (Å²) in [5.74, 6) is 1.86. The molecule has 0 heterocycles. The van der Waals surface area contributed by atoms with Gasteiger partial charge in [0.25, 0.3) is 0 Å². The van der Waals surface area contributed by atoms with Gasteiger partial charge in [-0.05, 0) is 18.1 Å². The molecule has 0 bridgehead atoms. The van der Waals surface area contributed by atoms with E-state index in [0.29, 0.717) is 0 Å². The van der Waals surface area contributed by atoms with E-state index in [1.165, 1.54) is 24.6 Å². The Hall–Kier alpha value is 0.310. The minimum absolute atomic E-state index is 0.0259. The molecule has 55 valence electrons. The lowest BCUT2D eigenvalue weighted by atomic mass is 10.1. The van der Waals surface area contributed by atoms with Crippen molar-refractivity contribution in [2.75, 3.05) is 11.7 Å². The highest BCUT2D eigenvalue weighted by Crippen LogP contribution is 2.08. The Labute approximate surface area is 61.8 Å². The van der Waals surface area contributed by atoms with Crippen LogP contribution < -0.4 is 0 Å². The smallest absolute Gasteiger partial charge is 0.128 e. The van der Waals surface area contributed by atoms with Crippen LogP contribution >= 0.6 is 11.8 Å². The summed E-state index contributed by atoms with van der Waals surface area (Å²) in [7, 11) is 0. The van der Waals surface area contributed by atoms with Gasteiger partial charge in [0.2, 0.25) is 0 Å². The molecule has 1 radical (unpaired) electrons. The molecule has 0 N–H and O–H groups in total. The fraction of sp³-hybridized carbons (Fsp3) is 1.00. The zero-order valence-electron chi connectivity index (χ0n) is 6.22. The molecule has 0 rings (SSSR count). The summed E-state index contributed by atoms with van der Waals surface area (Å²) in [6, 6.07) is 0. The van der Waals surface area contributed by atoms with Gasteiger partial charge in [-0.25, -0.2) is 5.11 Å². The first-order chi connectivity index (χ1) is 4.27. The topological polar surface area (TPSA) is 19.9 Å². The predicted octanol–water partition coefficient (Wildman–Crippen LogP) is 2.54. The van der Waals surface area contributed by atoms with Crippen LogP contribution in [0.15, 0.2) is 0 Å². The minimum Gasteiger partial charge on any atom is -0.225 e. The van der Waals surface area contributed by atoms with Crippen LogP contribution in [0.1, 0.15) is 26.7 Å². The van der Waals surface area contributed by atoms with Gasteiger partial charge in [-0.15, -0.1) is 11.8 Å². The largest absolute Gasteiger partial charge is 0.225 e. The van der Waals surface area contributed by atoms with Gasteiger partial charge in [0.05, 0.1) is 0 Å². The maximum absolute atomic E-state index is 9.94.